The van der Waals surface area contributed by atoms with E-state index in [1.807, 2.05) is 11.3 Å². The van der Waals surface area contributed by atoms with Gasteiger partial charge in [0, 0.05) is 48.3 Å². The number of fused-ring (bicyclic) bond motifs is 8. The van der Waals surface area contributed by atoms with Crippen LogP contribution in [0.15, 0.2) is 243 Å². The second kappa shape index (κ2) is 15.3. The molecule has 0 radical (unpaired) electrons. The summed E-state index contributed by atoms with van der Waals surface area (Å²) >= 11 is 1.86. The van der Waals surface area contributed by atoms with Crippen LogP contribution in [0.25, 0.3) is 42.4 Å². The fraction of sp³-hybridized carbons (Fsp3) is 0.0625. The molecule has 67 heavy (non-hydrogen) atoms. The van der Waals surface area contributed by atoms with E-state index >= 15 is 0 Å². The van der Waals surface area contributed by atoms with Gasteiger partial charge in [-0.25, -0.2) is 0 Å². The van der Waals surface area contributed by atoms with Crippen molar-refractivity contribution < 1.29 is 0 Å². The van der Waals surface area contributed by atoms with Crippen molar-refractivity contribution in [1.82, 2.24) is 0 Å². The van der Waals surface area contributed by atoms with Gasteiger partial charge in [-0.3, -0.25) is 0 Å². The Morgan fingerprint density at radius 1 is 0.373 bits per heavy atom. The molecule has 0 saturated carbocycles. The summed E-state index contributed by atoms with van der Waals surface area (Å²) in [6, 6.07) is 90.1. The van der Waals surface area contributed by atoms with Gasteiger partial charge in [-0.2, -0.15) is 0 Å². The van der Waals surface area contributed by atoms with Crippen LogP contribution in [0.2, 0.25) is 0 Å². The van der Waals surface area contributed by atoms with Gasteiger partial charge in [0.1, 0.15) is 0 Å². The molecule has 0 saturated heterocycles. The largest absolute Gasteiger partial charge is 0.310 e. The number of benzene rings is 10. The first kappa shape index (κ1) is 39.4. The molecule has 1 aromatic heterocycles. The summed E-state index contributed by atoms with van der Waals surface area (Å²) in [6.07, 6.45) is 0. The predicted octanol–water partition coefficient (Wildman–Crippen LogP) is 17.7. The molecule has 3 heteroatoms. The molecule has 0 unspecified atom stereocenters. The third-order valence-corrected chi connectivity index (χ3v) is 15.7. The van der Waals surface area contributed by atoms with E-state index in [1.165, 1.54) is 87.2 Å². The summed E-state index contributed by atoms with van der Waals surface area (Å²) in [5.41, 5.74) is 18.7. The highest BCUT2D eigenvalue weighted by atomic mass is 32.1. The Morgan fingerprint density at radius 3 is 1.61 bits per heavy atom. The monoisotopic (exact) mass is 874 g/mol. The molecule has 1 aliphatic carbocycles. The zero-order chi connectivity index (χ0) is 44.7. The first-order chi connectivity index (χ1) is 33.0. The lowest BCUT2D eigenvalue weighted by Crippen LogP contribution is -2.33. The standard InChI is InChI=1S/C64H46N2S/c1-63(2)57-40-46(64(45-20-8-4-9-21-45)55-27-15-12-24-51(55)52-25-13-16-28-56(52)64)32-37-59(57)66(47-22-10-5-11-23-47)60-38-35-50(42-58(60)63)65(48-33-30-44(31-34-48)43-18-6-3-7-19-43)49-36-39-62-54(41-49)53-26-14-17-29-61(53)67-62/h3-42H,1-2H3. The number of thiophene rings is 1. The molecular formula is C64H46N2S. The van der Waals surface area contributed by atoms with Gasteiger partial charge in [-0.15, -0.1) is 11.3 Å². The summed E-state index contributed by atoms with van der Waals surface area (Å²) < 4.78 is 2.60. The van der Waals surface area contributed by atoms with Gasteiger partial charge in [-0.05, 0) is 128 Å². The van der Waals surface area contributed by atoms with Crippen LogP contribution in [-0.2, 0) is 10.8 Å². The first-order valence-corrected chi connectivity index (χ1v) is 24.1. The van der Waals surface area contributed by atoms with Gasteiger partial charge in [0.05, 0.1) is 16.8 Å². The molecule has 2 nitrogen and oxygen atoms in total. The molecule has 318 valence electrons. The summed E-state index contributed by atoms with van der Waals surface area (Å²) in [6.45, 7) is 4.85. The molecule has 10 aromatic carbocycles. The lowest BCUT2D eigenvalue weighted by molar-refractivity contribution is 0.627. The predicted molar refractivity (Wildman–Crippen MR) is 284 cm³/mol. The van der Waals surface area contributed by atoms with E-state index in [9.17, 15) is 0 Å². The lowest BCUT2D eigenvalue weighted by Gasteiger charge is -2.44. The summed E-state index contributed by atoms with van der Waals surface area (Å²) in [5.74, 6) is 0. The molecule has 0 fully saturated rings. The minimum Gasteiger partial charge on any atom is -0.310 e. The lowest BCUT2D eigenvalue weighted by atomic mass is 9.65. The van der Waals surface area contributed by atoms with E-state index in [2.05, 4.69) is 266 Å². The van der Waals surface area contributed by atoms with Crippen molar-refractivity contribution in [2.24, 2.45) is 0 Å². The average Bonchev–Trinajstić information content (AvgIpc) is 3.91. The van der Waals surface area contributed by atoms with Gasteiger partial charge in [0.2, 0.25) is 0 Å². The molecule has 0 bridgehead atoms. The van der Waals surface area contributed by atoms with Crippen LogP contribution in [-0.4, -0.2) is 0 Å². The van der Waals surface area contributed by atoms with Crippen LogP contribution in [0.4, 0.5) is 34.1 Å². The quantitative estimate of drug-likeness (QED) is 0.157. The SMILES string of the molecule is CC1(C)c2cc(N(c3ccc(-c4ccccc4)cc3)c3ccc4sc5ccccc5c4c3)ccc2N(c2ccccc2)c2ccc(C3(c4ccccc4)c4ccccc4-c4ccccc43)cc21. The van der Waals surface area contributed by atoms with E-state index in [4.69, 9.17) is 0 Å². The van der Waals surface area contributed by atoms with Crippen molar-refractivity contribution in [3.05, 3.63) is 276 Å². The van der Waals surface area contributed by atoms with Crippen molar-refractivity contribution in [2.45, 2.75) is 24.7 Å². The normalized spacial score (nSPS) is 14.0. The second-order valence-corrected chi connectivity index (χ2v) is 19.5. The molecule has 0 amide bonds. The molecule has 11 aromatic rings. The Balaban J connectivity index is 1.03. The highest BCUT2D eigenvalue weighted by Gasteiger charge is 2.47. The molecule has 1 aliphatic heterocycles. The molecule has 0 atom stereocenters. The van der Waals surface area contributed by atoms with Crippen LogP contribution in [0.3, 0.4) is 0 Å². The van der Waals surface area contributed by atoms with Gasteiger partial charge < -0.3 is 9.80 Å². The first-order valence-electron chi connectivity index (χ1n) is 23.2. The van der Waals surface area contributed by atoms with Gasteiger partial charge in [0.15, 0.2) is 0 Å². The summed E-state index contributed by atoms with van der Waals surface area (Å²) in [5, 5.41) is 2.57. The van der Waals surface area contributed by atoms with Crippen molar-refractivity contribution >= 4 is 65.6 Å². The highest BCUT2D eigenvalue weighted by molar-refractivity contribution is 7.25. The Labute approximate surface area is 396 Å². The van der Waals surface area contributed by atoms with E-state index < -0.39 is 10.8 Å². The molecule has 13 rings (SSSR count). The molecule has 2 aliphatic rings. The van der Waals surface area contributed by atoms with Gasteiger partial charge in [0.25, 0.3) is 0 Å². The molecule has 2 heterocycles. The smallest absolute Gasteiger partial charge is 0.0713 e. The van der Waals surface area contributed by atoms with E-state index in [0.717, 1.165) is 22.7 Å². The van der Waals surface area contributed by atoms with Crippen LogP contribution >= 0.6 is 11.3 Å². The van der Waals surface area contributed by atoms with E-state index in [1.54, 1.807) is 0 Å². The maximum Gasteiger partial charge on any atom is 0.0713 e. The molecular weight excluding hydrogens is 829 g/mol. The van der Waals surface area contributed by atoms with Crippen LogP contribution in [0.5, 0.6) is 0 Å². The van der Waals surface area contributed by atoms with E-state index in [0.29, 0.717) is 0 Å². The maximum absolute atomic E-state index is 2.54. The zero-order valence-electron chi connectivity index (χ0n) is 37.4. The van der Waals surface area contributed by atoms with Crippen molar-refractivity contribution in [2.75, 3.05) is 9.80 Å². The third-order valence-electron chi connectivity index (χ3n) is 14.5. The van der Waals surface area contributed by atoms with Gasteiger partial charge >= 0.3 is 0 Å². The second-order valence-electron chi connectivity index (χ2n) is 18.5. The van der Waals surface area contributed by atoms with Crippen molar-refractivity contribution in [3.63, 3.8) is 0 Å². The maximum atomic E-state index is 2.54. The fourth-order valence-corrected chi connectivity index (χ4v) is 12.5. The number of anilines is 6. The minimum atomic E-state index is -0.507. The van der Waals surface area contributed by atoms with Crippen molar-refractivity contribution in [3.8, 4) is 22.3 Å². The Kier molecular flexibility index (Phi) is 9.00. The Hall–Kier alpha value is -7.98. The number of para-hydroxylation sites is 1. The summed E-state index contributed by atoms with van der Waals surface area (Å²) in [7, 11) is 0. The highest BCUT2D eigenvalue weighted by Crippen LogP contribution is 2.59. The zero-order valence-corrected chi connectivity index (χ0v) is 38.2. The average molecular weight is 875 g/mol. The molecule has 0 spiro atoms. The number of hydrogen-bond acceptors (Lipinski definition) is 3. The van der Waals surface area contributed by atoms with Crippen molar-refractivity contribution in [1.29, 1.82) is 0 Å². The summed E-state index contributed by atoms with van der Waals surface area (Å²) in [4.78, 5) is 4.93. The van der Waals surface area contributed by atoms with Crippen LogP contribution in [0.1, 0.15) is 47.2 Å². The Bertz CT molecular complexity index is 3620. The number of rotatable bonds is 7. The number of nitrogens with zero attached hydrogens (tertiary/aromatic N) is 2. The Morgan fingerprint density at radius 2 is 0.896 bits per heavy atom. The van der Waals surface area contributed by atoms with E-state index in [-0.39, 0.29) is 0 Å². The third kappa shape index (κ3) is 6.01. The van der Waals surface area contributed by atoms with Gasteiger partial charge in [-0.1, -0.05) is 184 Å². The topological polar surface area (TPSA) is 6.48 Å². The van der Waals surface area contributed by atoms with Crippen LogP contribution in [0, 0.1) is 0 Å². The fourth-order valence-electron chi connectivity index (χ4n) is 11.4. The van der Waals surface area contributed by atoms with Crippen LogP contribution < -0.4 is 9.80 Å². The molecule has 0 N–H and O–H groups in total. The number of hydrogen-bond donors (Lipinski definition) is 0. The minimum absolute atomic E-state index is 0.395.